The topological polar surface area (TPSA) is 46.3 Å². The minimum Gasteiger partial charge on any atom is -0.334 e. The summed E-state index contributed by atoms with van der Waals surface area (Å²) in [5.74, 6) is -0.226. The Hall–Kier alpha value is -1.46. The number of nitrogens with zero attached hydrogens (tertiary/aromatic N) is 1. The normalized spacial score (nSPS) is 18.9. The minimum absolute atomic E-state index is 0.0389. The molecule has 0 bridgehead atoms. The van der Waals surface area contributed by atoms with Gasteiger partial charge in [0.2, 0.25) is 0 Å². The van der Waals surface area contributed by atoms with E-state index in [2.05, 4.69) is 0 Å². The quantitative estimate of drug-likeness (QED) is 0.925. The Morgan fingerprint density at radius 3 is 3.10 bits per heavy atom. The fraction of sp³-hybridized carbons (Fsp3) is 0.400. The predicted octanol–water partition coefficient (Wildman–Crippen LogP) is 2.91. The lowest BCUT2D eigenvalue weighted by Gasteiger charge is -2.23. The van der Waals surface area contributed by atoms with Gasteiger partial charge in [-0.25, -0.2) is 4.39 Å². The number of hydrogen-bond acceptors (Lipinski definition) is 3. The van der Waals surface area contributed by atoms with E-state index in [0.29, 0.717) is 11.4 Å². The summed E-state index contributed by atoms with van der Waals surface area (Å²) in [6.45, 7) is 3.16. The molecule has 5 heteroatoms. The van der Waals surface area contributed by atoms with Crippen LogP contribution in [0.25, 0.3) is 10.1 Å². The van der Waals surface area contributed by atoms with Crippen LogP contribution >= 0.6 is 11.3 Å². The second-order valence-corrected chi connectivity index (χ2v) is 6.28. The number of carbonyl (C=O) groups is 1. The smallest absolute Gasteiger partial charge is 0.264 e. The largest absolute Gasteiger partial charge is 0.334 e. The maximum Gasteiger partial charge on any atom is 0.264 e. The van der Waals surface area contributed by atoms with Crippen molar-refractivity contribution in [2.45, 2.75) is 25.8 Å². The van der Waals surface area contributed by atoms with Crippen LogP contribution in [0.2, 0.25) is 0 Å². The van der Waals surface area contributed by atoms with Crippen molar-refractivity contribution >= 4 is 27.3 Å². The molecule has 1 aliphatic rings. The van der Waals surface area contributed by atoms with Gasteiger partial charge in [0.25, 0.3) is 5.91 Å². The standard InChI is InChI=1S/C15H17FN2OS/c1-9-12-7-10(16)4-5-13(12)20-14(9)15(19)18-6-2-3-11(18)8-17/h4-5,7,11H,2-3,6,8,17H2,1H3. The van der Waals surface area contributed by atoms with E-state index in [9.17, 15) is 9.18 Å². The first-order valence-electron chi connectivity index (χ1n) is 6.81. The zero-order chi connectivity index (χ0) is 14.3. The van der Waals surface area contributed by atoms with E-state index in [1.807, 2.05) is 11.8 Å². The third kappa shape index (κ3) is 2.11. The van der Waals surface area contributed by atoms with Crippen LogP contribution in [-0.4, -0.2) is 29.9 Å². The number of fused-ring (bicyclic) bond motifs is 1. The van der Waals surface area contributed by atoms with Crippen molar-refractivity contribution in [1.82, 2.24) is 4.90 Å². The molecule has 0 radical (unpaired) electrons. The number of thiophene rings is 1. The Morgan fingerprint density at radius 1 is 1.55 bits per heavy atom. The molecule has 1 unspecified atom stereocenters. The van der Waals surface area contributed by atoms with Crippen molar-refractivity contribution in [3.8, 4) is 0 Å². The molecular formula is C15H17FN2OS. The first-order valence-corrected chi connectivity index (χ1v) is 7.63. The predicted molar refractivity (Wildman–Crippen MR) is 79.6 cm³/mol. The minimum atomic E-state index is -0.265. The molecule has 1 saturated heterocycles. The van der Waals surface area contributed by atoms with Crippen LogP contribution in [0, 0.1) is 12.7 Å². The second-order valence-electron chi connectivity index (χ2n) is 5.23. The molecule has 2 N–H and O–H groups in total. The summed E-state index contributed by atoms with van der Waals surface area (Å²) in [5.41, 5.74) is 6.61. The third-order valence-corrected chi connectivity index (χ3v) is 5.26. The van der Waals surface area contributed by atoms with Gasteiger partial charge in [-0.1, -0.05) is 0 Å². The molecule has 3 rings (SSSR count). The Labute approximate surface area is 121 Å². The van der Waals surface area contributed by atoms with Gasteiger partial charge in [-0.3, -0.25) is 4.79 Å². The van der Waals surface area contributed by atoms with Gasteiger partial charge in [0.05, 0.1) is 4.88 Å². The van der Waals surface area contributed by atoms with E-state index in [1.54, 1.807) is 6.07 Å². The molecule has 0 spiro atoms. The summed E-state index contributed by atoms with van der Waals surface area (Å²) < 4.78 is 14.3. The van der Waals surface area contributed by atoms with Crippen molar-refractivity contribution in [3.63, 3.8) is 0 Å². The van der Waals surface area contributed by atoms with Crippen LogP contribution in [0.3, 0.4) is 0 Å². The summed E-state index contributed by atoms with van der Waals surface area (Å²) in [7, 11) is 0. The third-order valence-electron chi connectivity index (χ3n) is 4.00. The highest BCUT2D eigenvalue weighted by Crippen LogP contribution is 2.33. The van der Waals surface area contributed by atoms with E-state index in [0.717, 1.165) is 35.0 Å². The number of halogens is 1. The van der Waals surface area contributed by atoms with E-state index < -0.39 is 0 Å². The average Bonchev–Trinajstić information content (AvgIpc) is 3.03. The zero-order valence-corrected chi connectivity index (χ0v) is 12.2. The van der Waals surface area contributed by atoms with Crippen LogP contribution in [0.1, 0.15) is 28.1 Å². The molecule has 1 atom stereocenters. The molecule has 2 heterocycles. The molecule has 20 heavy (non-hydrogen) atoms. The number of rotatable bonds is 2. The summed E-state index contributed by atoms with van der Waals surface area (Å²) in [4.78, 5) is 15.3. The fourth-order valence-electron chi connectivity index (χ4n) is 2.88. The van der Waals surface area contributed by atoms with Crippen molar-refractivity contribution in [1.29, 1.82) is 0 Å². The Bertz CT molecular complexity index is 667. The Balaban J connectivity index is 2.01. The maximum absolute atomic E-state index is 13.3. The highest BCUT2D eigenvalue weighted by Gasteiger charge is 2.30. The molecule has 1 amide bonds. The second kappa shape index (κ2) is 5.14. The van der Waals surface area contributed by atoms with Crippen molar-refractivity contribution in [2.24, 2.45) is 5.73 Å². The fourth-order valence-corrected chi connectivity index (χ4v) is 4.02. The number of benzene rings is 1. The first-order chi connectivity index (χ1) is 9.61. The molecular weight excluding hydrogens is 275 g/mol. The van der Waals surface area contributed by atoms with Gasteiger partial charge in [0.1, 0.15) is 5.82 Å². The Kier molecular flexibility index (Phi) is 3.48. The molecule has 1 aliphatic heterocycles. The van der Waals surface area contributed by atoms with Crippen LogP contribution in [0.4, 0.5) is 4.39 Å². The van der Waals surface area contributed by atoms with Gasteiger partial charge < -0.3 is 10.6 Å². The number of likely N-dealkylation sites (tertiary alicyclic amines) is 1. The number of nitrogens with two attached hydrogens (primary N) is 1. The molecule has 1 fully saturated rings. The van der Waals surface area contributed by atoms with Crippen molar-refractivity contribution in [2.75, 3.05) is 13.1 Å². The Morgan fingerprint density at radius 2 is 2.35 bits per heavy atom. The van der Waals surface area contributed by atoms with E-state index >= 15 is 0 Å². The SMILES string of the molecule is Cc1c(C(=O)N2CCCC2CN)sc2ccc(F)cc12. The van der Waals surface area contributed by atoms with Crippen LogP contribution in [-0.2, 0) is 0 Å². The van der Waals surface area contributed by atoms with Crippen molar-refractivity contribution < 1.29 is 9.18 Å². The van der Waals surface area contributed by atoms with Crippen LogP contribution in [0.15, 0.2) is 18.2 Å². The van der Waals surface area contributed by atoms with Crippen LogP contribution < -0.4 is 5.73 Å². The van der Waals surface area contributed by atoms with Gasteiger partial charge in [-0.15, -0.1) is 11.3 Å². The average molecular weight is 292 g/mol. The molecule has 1 aromatic heterocycles. The maximum atomic E-state index is 13.3. The summed E-state index contributed by atoms with van der Waals surface area (Å²) in [6.07, 6.45) is 1.98. The molecule has 3 nitrogen and oxygen atoms in total. The molecule has 0 saturated carbocycles. The van der Waals surface area contributed by atoms with Crippen LogP contribution in [0.5, 0.6) is 0 Å². The molecule has 106 valence electrons. The number of hydrogen-bond donors (Lipinski definition) is 1. The zero-order valence-electron chi connectivity index (χ0n) is 11.4. The molecule has 1 aromatic carbocycles. The van der Waals surface area contributed by atoms with E-state index in [1.165, 1.54) is 23.5 Å². The van der Waals surface area contributed by atoms with Gasteiger partial charge in [-0.05, 0) is 48.9 Å². The van der Waals surface area contributed by atoms with Gasteiger partial charge >= 0.3 is 0 Å². The number of aryl methyl sites for hydroxylation is 1. The monoisotopic (exact) mass is 292 g/mol. The number of amides is 1. The van der Waals surface area contributed by atoms with E-state index in [-0.39, 0.29) is 17.8 Å². The highest BCUT2D eigenvalue weighted by molar-refractivity contribution is 7.21. The van der Waals surface area contributed by atoms with Crippen molar-refractivity contribution in [3.05, 3.63) is 34.5 Å². The van der Waals surface area contributed by atoms with Gasteiger partial charge in [0, 0.05) is 23.8 Å². The highest BCUT2D eigenvalue weighted by atomic mass is 32.1. The lowest BCUT2D eigenvalue weighted by molar-refractivity contribution is 0.0745. The summed E-state index contributed by atoms with van der Waals surface area (Å²) in [5, 5.41) is 0.835. The number of carbonyl (C=O) groups excluding carboxylic acids is 1. The summed E-state index contributed by atoms with van der Waals surface area (Å²) >= 11 is 1.44. The van der Waals surface area contributed by atoms with Gasteiger partial charge in [0.15, 0.2) is 0 Å². The van der Waals surface area contributed by atoms with Gasteiger partial charge in [-0.2, -0.15) is 0 Å². The lowest BCUT2D eigenvalue weighted by atomic mass is 10.1. The first kappa shape index (κ1) is 13.5. The summed E-state index contributed by atoms with van der Waals surface area (Å²) in [6, 6.07) is 4.82. The molecule has 2 aromatic rings. The molecule has 0 aliphatic carbocycles. The lowest BCUT2D eigenvalue weighted by Crippen LogP contribution is -2.39. The van der Waals surface area contributed by atoms with E-state index in [4.69, 9.17) is 5.73 Å².